The summed E-state index contributed by atoms with van der Waals surface area (Å²) in [7, 11) is 0. The maximum atomic E-state index is 10.2. The molecule has 0 aliphatic rings. The molecule has 5 heteroatoms. The summed E-state index contributed by atoms with van der Waals surface area (Å²) >= 11 is 0. The molecule has 0 aliphatic carbocycles. The van der Waals surface area contributed by atoms with E-state index in [1.54, 1.807) is 6.08 Å². The Morgan fingerprint density at radius 2 is 2.06 bits per heavy atom. The third kappa shape index (κ3) is 3.03. The predicted octanol–water partition coefficient (Wildman–Crippen LogP) is 2.19. The Hall–Kier alpha value is -2.48. The summed E-state index contributed by atoms with van der Waals surface area (Å²) in [5.41, 5.74) is 0.695. The minimum atomic E-state index is 0.260. The smallest absolute Gasteiger partial charge is 0.240 e. The lowest BCUT2D eigenvalue weighted by Crippen LogP contribution is -1.92. The van der Waals surface area contributed by atoms with Crippen LogP contribution in [0.25, 0.3) is 0 Å². The molecule has 1 aromatic rings. The Kier molecular flexibility index (Phi) is 4.41. The van der Waals surface area contributed by atoms with Crippen molar-refractivity contribution >= 4 is 23.5 Å². The molecule has 0 saturated heterocycles. The van der Waals surface area contributed by atoms with Crippen LogP contribution in [0.2, 0.25) is 0 Å². The summed E-state index contributed by atoms with van der Waals surface area (Å²) in [6, 6.07) is 4.49. The second kappa shape index (κ2) is 6.09. The Morgan fingerprint density at radius 3 is 2.69 bits per heavy atom. The maximum absolute atomic E-state index is 10.2. The molecule has 16 heavy (non-hydrogen) atoms. The lowest BCUT2D eigenvalue weighted by atomic mass is 10.2. The molecule has 0 radical (unpaired) electrons. The van der Waals surface area contributed by atoms with Crippen LogP contribution in [0, 0.1) is 0 Å². The maximum Gasteiger partial charge on any atom is 0.240 e. The van der Waals surface area contributed by atoms with Crippen LogP contribution in [0.15, 0.2) is 40.8 Å². The number of nitrogens with zero attached hydrogens (tertiary/aromatic N) is 2. The van der Waals surface area contributed by atoms with Crippen molar-refractivity contribution < 1.29 is 14.3 Å². The van der Waals surface area contributed by atoms with Gasteiger partial charge in [0.2, 0.25) is 12.2 Å². The number of benzene rings is 1. The van der Waals surface area contributed by atoms with Gasteiger partial charge in [-0.05, 0) is 12.1 Å². The molecule has 0 aromatic heterocycles. The Bertz CT molecular complexity index is 484. The lowest BCUT2D eigenvalue weighted by Gasteiger charge is -2.05. The van der Waals surface area contributed by atoms with E-state index in [1.165, 1.54) is 30.4 Å². The fourth-order valence-electron chi connectivity index (χ4n) is 1.03. The number of rotatable bonds is 5. The number of hydrogen-bond donors (Lipinski definition) is 0. The second-order valence-corrected chi connectivity index (χ2v) is 2.66. The van der Waals surface area contributed by atoms with E-state index in [0.717, 1.165) is 0 Å². The molecular weight excluding hydrogens is 208 g/mol. The average Bonchev–Trinajstić information content (AvgIpc) is 2.30. The van der Waals surface area contributed by atoms with Gasteiger partial charge in [-0.1, -0.05) is 12.7 Å². The summed E-state index contributed by atoms with van der Waals surface area (Å²) in [5.74, 6) is 0.333. The highest BCUT2D eigenvalue weighted by atomic mass is 16.5. The molecule has 0 spiro atoms. The molecule has 0 amide bonds. The molecule has 0 atom stereocenters. The quantitative estimate of drug-likeness (QED) is 0.430. The number of ether oxygens (including phenoxy) is 1. The van der Waals surface area contributed by atoms with Crippen LogP contribution in [0.1, 0.15) is 0 Å². The van der Waals surface area contributed by atoms with Gasteiger partial charge in [-0.2, -0.15) is 9.98 Å². The first-order chi connectivity index (χ1) is 7.81. The van der Waals surface area contributed by atoms with Crippen LogP contribution in [0.3, 0.4) is 0 Å². The van der Waals surface area contributed by atoms with Crippen molar-refractivity contribution in [1.29, 1.82) is 0 Å². The minimum absolute atomic E-state index is 0.260. The summed E-state index contributed by atoms with van der Waals surface area (Å²) in [6.07, 6.45) is 4.37. The molecule has 0 saturated carbocycles. The number of hydrogen-bond acceptors (Lipinski definition) is 5. The topological polar surface area (TPSA) is 68.1 Å². The van der Waals surface area contributed by atoms with E-state index in [0.29, 0.717) is 17.1 Å². The first kappa shape index (κ1) is 11.6. The molecular formula is C11H8N2O3. The van der Waals surface area contributed by atoms with Crippen molar-refractivity contribution in [2.24, 2.45) is 9.98 Å². The van der Waals surface area contributed by atoms with Gasteiger partial charge in [0.1, 0.15) is 18.0 Å². The lowest BCUT2D eigenvalue weighted by molar-refractivity contribution is 0.364. The molecule has 5 nitrogen and oxygen atoms in total. The zero-order valence-electron chi connectivity index (χ0n) is 8.34. The molecule has 80 valence electrons. The number of carbonyl (C=O) groups excluding carboxylic acids is 2. The molecule has 0 heterocycles. The van der Waals surface area contributed by atoms with Crippen LogP contribution in [-0.2, 0) is 9.59 Å². The van der Waals surface area contributed by atoms with E-state index in [9.17, 15) is 9.59 Å². The SMILES string of the molecule is C=CCOc1cc(N=C=O)ccc1N=C=O. The van der Waals surface area contributed by atoms with E-state index < -0.39 is 0 Å². The van der Waals surface area contributed by atoms with Crippen molar-refractivity contribution in [3.05, 3.63) is 30.9 Å². The zero-order valence-corrected chi connectivity index (χ0v) is 8.34. The highest BCUT2D eigenvalue weighted by Crippen LogP contribution is 2.31. The van der Waals surface area contributed by atoms with Crippen LogP contribution in [0.4, 0.5) is 11.4 Å². The van der Waals surface area contributed by atoms with Gasteiger partial charge in [-0.25, -0.2) is 9.59 Å². The van der Waals surface area contributed by atoms with Crippen molar-refractivity contribution in [1.82, 2.24) is 0 Å². The number of isocyanates is 2. The van der Waals surface area contributed by atoms with Crippen LogP contribution in [0.5, 0.6) is 5.75 Å². The van der Waals surface area contributed by atoms with Gasteiger partial charge in [0.25, 0.3) is 0 Å². The second-order valence-electron chi connectivity index (χ2n) is 2.66. The van der Waals surface area contributed by atoms with Crippen molar-refractivity contribution in [2.75, 3.05) is 6.61 Å². The van der Waals surface area contributed by atoms with Crippen molar-refractivity contribution in [2.45, 2.75) is 0 Å². The van der Waals surface area contributed by atoms with Gasteiger partial charge >= 0.3 is 0 Å². The monoisotopic (exact) mass is 216 g/mol. The molecule has 1 rings (SSSR count). The first-order valence-electron chi connectivity index (χ1n) is 4.35. The van der Waals surface area contributed by atoms with Gasteiger partial charge in [0.15, 0.2) is 0 Å². The van der Waals surface area contributed by atoms with Crippen LogP contribution < -0.4 is 4.74 Å². The van der Waals surface area contributed by atoms with Gasteiger partial charge < -0.3 is 4.74 Å². The Labute approximate surface area is 91.8 Å². The van der Waals surface area contributed by atoms with E-state index in [2.05, 4.69) is 16.6 Å². The molecule has 0 N–H and O–H groups in total. The molecule has 0 unspecified atom stereocenters. The largest absolute Gasteiger partial charge is 0.487 e. The summed E-state index contributed by atoms with van der Waals surface area (Å²) < 4.78 is 5.25. The zero-order chi connectivity index (χ0) is 11.8. The summed E-state index contributed by atoms with van der Waals surface area (Å²) in [6.45, 7) is 3.75. The fraction of sp³-hybridized carbons (Fsp3) is 0.0909. The van der Waals surface area contributed by atoms with Crippen LogP contribution in [-0.4, -0.2) is 18.8 Å². The highest BCUT2D eigenvalue weighted by Gasteiger charge is 2.03. The van der Waals surface area contributed by atoms with E-state index in [4.69, 9.17) is 4.74 Å². The molecule has 0 bridgehead atoms. The van der Waals surface area contributed by atoms with Gasteiger partial charge in [0, 0.05) is 6.07 Å². The third-order valence-electron chi connectivity index (χ3n) is 1.64. The summed E-state index contributed by atoms with van der Waals surface area (Å²) in [4.78, 5) is 27.1. The molecule has 1 aromatic carbocycles. The van der Waals surface area contributed by atoms with E-state index >= 15 is 0 Å². The van der Waals surface area contributed by atoms with Crippen molar-refractivity contribution in [3.8, 4) is 5.75 Å². The first-order valence-corrected chi connectivity index (χ1v) is 4.35. The number of aliphatic imine (C=N–C) groups is 2. The normalized spacial score (nSPS) is 8.50. The Morgan fingerprint density at radius 1 is 1.31 bits per heavy atom. The highest BCUT2D eigenvalue weighted by molar-refractivity contribution is 5.64. The fourth-order valence-corrected chi connectivity index (χ4v) is 1.03. The third-order valence-corrected chi connectivity index (χ3v) is 1.64. The average molecular weight is 216 g/mol. The van der Waals surface area contributed by atoms with Gasteiger partial charge in [0.05, 0.1) is 5.69 Å². The van der Waals surface area contributed by atoms with Crippen molar-refractivity contribution in [3.63, 3.8) is 0 Å². The standard InChI is InChI=1S/C11H8N2O3/c1-2-5-16-11-6-9(12-7-14)3-4-10(11)13-8-15/h2-4,6H,1,5H2. The summed E-state index contributed by atoms with van der Waals surface area (Å²) in [5, 5.41) is 0. The minimum Gasteiger partial charge on any atom is -0.487 e. The molecule has 0 aliphatic heterocycles. The van der Waals surface area contributed by atoms with Crippen LogP contribution >= 0.6 is 0 Å². The van der Waals surface area contributed by atoms with E-state index in [1.807, 2.05) is 0 Å². The Balaban J connectivity index is 3.13. The van der Waals surface area contributed by atoms with Gasteiger partial charge in [-0.15, -0.1) is 0 Å². The van der Waals surface area contributed by atoms with E-state index in [-0.39, 0.29) is 6.61 Å². The van der Waals surface area contributed by atoms with Gasteiger partial charge in [-0.3, -0.25) is 0 Å². The predicted molar refractivity (Wildman–Crippen MR) is 57.7 cm³/mol. The molecule has 0 fully saturated rings.